The molecule has 1 heterocycles. The van der Waals surface area contributed by atoms with Gasteiger partial charge in [0.05, 0.1) is 12.0 Å². The van der Waals surface area contributed by atoms with Gasteiger partial charge in [-0.3, -0.25) is 14.6 Å². The highest BCUT2D eigenvalue weighted by molar-refractivity contribution is 7.89. The number of nitrogens with one attached hydrogen (secondary N) is 1. The molecule has 0 spiro atoms. The summed E-state index contributed by atoms with van der Waals surface area (Å²) >= 11 is 0. The first-order chi connectivity index (χ1) is 14.4. The number of benzene rings is 2. The van der Waals surface area contributed by atoms with Crippen LogP contribution in [0, 0.1) is 0 Å². The summed E-state index contributed by atoms with van der Waals surface area (Å²) in [6, 6.07) is 14.7. The number of esters is 1. The Hall–Kier alpha value is -2.46. The third-order valence-electron chi connectivity index (χ3n) is 5.18. The van der Waals surface area contributed by atoms with Gasteiger partial charge in [0.15, 0.2) is 0 Å². The smallest absolute Gasteiger partial charge is 0.324 e. The number of hydrogen-bond acceptors (Lipinski definition) is 7. The number of phenolic OH excluding ortho intramolecular Hbond substituents is 1. The van der Waals surface area contributed by atoms with Crippen LogP contribution in [0.2, 0.25) is 0 Å². The third-order valence-corrected chi connectivity index (χ3v) is 6.62. The lowest BCUT2D eigenvalue weighted by atomic mass is 10.1. The van der Waals surface area contributed by atoms with Crippen LogP contribution in [0.5, 0.6) is 5.75 Å². The molecule has 1 saturated heterocycles. The van der Waals surface area contributed by atoms with Gasteiger partial charge in [0.25, 0.3) is 0 Å². The predicted octanol–water partition coefficient (Wildman–Crippen LogP) is 1.03. The molecule has 0 amide bonds. The van der Waals surface area contributed by atoms with Crippen LogP contribution in [0.1, 0.15) is 5.56 Å². The van der Waals surface area contributed by atoms with E-state index in [1.54, 1.807) is 0 Å². The van der Waals surface area contributed by atoms with Gasteiger partial charge in [-0.05, 0) is 29.8 Å². The molecule has 1 atom stereocenters. The topological polar surface area (TPSA) is 99.2 Å². The van der Waals surface area contributed by atoms with Crippen LogP contribution in [0.3, 0.4) is 0 Å². The van der Waals surface area contributed by atoms with Crippen molar-refractivity contribution in [2.75, 3.05) is 39.8 Å². The predicted molar refractivity (Wildman–Crippen MR) is 112 cm³/mol. The van der Waals surface area contributed by atoms with E-state index in [-0.39, 0.29) is 17.2 Å². The van der Waals surface area contributed by atoms with Crippen molar-refractivity contribution in [3.63, 3.8) is 0 Å². The number of phenols is 1. The van der Waals surface area contributed by atoms with Crippen molar-refractivity contribution < 1.29 is 23.1 Å². The molecule has 1 aliphatic heterocycles. The summed E-state index contributed by atoms with van der Waals surface area (Å²) < 4.78 is 32.5. The molecule has 0 aromatic heterocycles. The minimum absolute atomic E-state index is 0.0187. The molecule has 0 radical (unpaired) electrons. The molecule has 0 saturated carbocycles. The Bertz CT molecular complexity index is 927. The Morgan fingerprint density at radius 2 is 1.70 bits per heavy atom. The number of hydrogen-bond donors (Lipinski definition) is 2. The fourth-order valence-electron chi connectivity index (χ4n) is 3.47. The lowest BCUT2D eigenvalue weighted by Gasteiger charge is -2.38. The molecule has 0 unspecified atom stereocenters. The van der Waals surface area contributed by atoms with Gasteiger partial charge in [-0.2, -0.15) is 0 Å². The van der Waals surface area contributed by atoms with E-state index in [1.165, 1.54) is 36.9 Å². The van der Waals surface area contributed by atoms with Crippen LogP contribution >= 0.6 is 0 Å². The molecular weight excluding hydrogens is 406 g/mol. The first-order valence-corrected chi connectivity index (χ1v) is 11.2. The maximum absolute atomic E-state index is 12.5. The normalized spacial score (nSPS) is 16.8. The van der Waals surface area contributed by atoms with Gasteiger partial charge in [-0.15, -0.1) is 0 Å². The number of ether oxygens (including phenoxy) is 1. The second-order valence-electron chi connectivity index (χ2n) is 7.18. The average Bonchev–Trinajstić information content (AvgIpc) is 2.75. The molecule has 1 fully saturated rings. The number of aromatic hydroxyl groups is 1. The van der Waals surface area contributed by atoms with Gasteiger partial charge in [0.2, 0.25) is 10.0 Å². The largest absolute Gasteiger partial charge is 0.508 e. The van der Waals surface area contributed by atoms with Gasteiger partial charge in [-0.25, -0.2) is 13.1 Å². The summed E-state index contributed by atoms with van der Waals surface area (Å²) in [5.74, 6) is -0.491. The van der Waals surface area contributed by atoms with Crippen molar-refractivity contribution in [2.24, 2.45) is 0 Å². The lowest BCUT2D eigenvalue weighted by Crippen LogP contribution is -2.56. The van der Waals surface area contributed by atoms with Crippen LogP contribution in [0.15, 0.2) is 59.5 Å². The highest BCUT2D eigenvalue weighted by atomic mass is 32.2. The van der Waals surface area contributed by atoms with Gasteiger partial charge < -0.3 is 9.84 Å². The van der Waals surface area contributed by atoms with E-state index in [0.717, 1.165) is 19.6 Å². The SMILES string of the molecule is COC(=O)[C@H](CNS(=O)(=O)c1ccc(O)cc1)N1CCN(Cc2ccccc2)CC1. The average molecular weight is 434 g/mol. The lowest BCUT2D eigenvalue weighted by molar-refractivity contribution is -0.147. The van der Waals surface area contributed by atoms with Crippen molar-refractivity contribution in [3.05, 3.63) is 60.2 Å². The summed E-state index contributed by atoms with van der Waals surface area (Å²) in [5, 5.41) is 9.34. The fraction of sp³-hybridized carbons (Fsp3) is 0.381. The second-order valence-corrected chi connectivity index (χ2v) is 8.95. The molecule has 8 nitrogen and oxygen atoms in total. The highest BCUT2D eigenvalue weighted by Crippen LogP contribution is 2.15. The number of nitrogens with zero attached hydrogens (tertiary/aromatic N) is 2. The number of piperazine rings is 1. The first-order valence-electron chi connectivity index (χ1n) is 9.76. The summed E-state index contributed by atoms with van der Waals surface area (Å²) in [7, 11) is -2.51. The number of sulfonamides is 1. The van der Waals surface area contributed by atoms with Crippen molar-refractivity contribution in [3.8, 4) is 5.75 Å². The molecule has 0 aliphatic carbocycles. The Balaban J connectivity index is 1.59. The van der Waals surface area contributed by atoms with Crippen molar-refractivity contribution in [2.45, 2.75) is 17.5 Å². The Kier molecular flexibility index (Phi) is 7.43. The zero-order valence-corrected chi connectivity index (χ0v) is 17.7. The van der Waals surface area contributed by atoms with Crippen LogP contribution in [-0.4, -0.2) is 75.2 Å². The number of carbonyl (C=O) groups is 1. The summed E-state index contributed by atoms with van der Waals surface area (Å²) in [6.45, 7) is 3.56. The number of carbonyl (C=O) groups excluding carboxylic acids is 1. The van der Waals surface area contributed by atoms with Crippen LogP contribution in [0.4, 0.5) is 0 Å². The second kappa shape index (κ2) is 10.0. The third kappa shape index (κ3) is 5.79. The molecule has 2 aromatic rings. The number of rotatable bonds is 8. The van der Waals surface area contributed by atoms with E-state index < -0.39 is 22.0 Å². The van der Waals surface area contributed by atoms with E-state index >= 15 is 0 Å². The molecule has 1 aliphatic rings. The number of methoxy groups -OCH3 is 1. The molecule has 30 heavy (non-hydrogen) atoms. The summed E-state index contributed by atoms with van der Waals surface area (Å²) in [5.41, 5.74) is 1.23. The van der Waals surface area contributed by atoms with Gasteiger partial charge in [-0.1, -0.05) is 30.3 Å². The molecule has 9 heteroatoms. The molecule has 162 valence electrons. The minimum Gasteiger partial charge on any atom is -0.508 e. The van der Waals surface area contributed by atoms with Gasteiger partial charge in [0, 0.05) is 39.3 Å². The van der Waals surface area contributed by atoms with E-state index in [9.17, 15) is 18.3 Å². The highest BCUT2D eigenvalue weighted by Gasteiger charge is 2.31. The zero-order chi connectivity index (χ0) is 21.6. The molecule has 0 bridgehead atoms. The Morgan fingerprint density at radius 3 is 2.30 bits per heavy atom. The maximum atomic E-state index is 12.5. The van der Waals surface area contributed by atoms with Crippen LogP contribution in [-0.2, 0) is 26.1 Å². The van der Waals surface area contributed by atoms with Gasteiger partial charge in [0.1, 0.15) is 11.8 Å². The Morgan fingerprint density at radius 1 is 1.07 bits per heavy atom. The Labute approximate surface area is 177 Å². The van der Waals surface area contributed by atoms with Crippen LogP contribution < -0.4 is 4.72 Å². The van der Waals surface area contributed by atoms with E-state index in [1.807, 2.05) is 23.1 Å². The molecular formula is C21H27N3O5S. The van der Waals surface area contributed by atoms with Crippen molar-refractivity contribution >= 4 is 16.0 Å². The quantitative estimate of drug-likeness (QED) is 0.600. The molecule has 2 aromatic carbocycles. The minimum atomic E-state index is -3.81. The van der Waals surface area contributed by atoms with E-state index in [2.05, 4.69) is 21.8 Å². The summed E-state index contributed by atoms with van der Waals surface area (Å²) in [4.78, 5) is 16.6. The van der Waals surface area contributed by atoms with Crippen LogP contribution in [0.25, 0.3) is 0 Å². The van der Waals surface area contributed by atoms with E-state index in [4.69, 9.17) is 4.74 Å². The van der Waals surface area contributed by atoms with E-state index in [0.29, 0.717) is 13.1 Å². The monoisotopic (exact) mass is 433 g/mol. The maximum Gasteiger partial charge on any atom is 0.324 e. The zero-order valence-electron chi connectivity index (χ0n) is 16.9. The summed E-state index contributed by atoms with van der Waals surface area (Å²) in [6.07, 6.45) is 0. The standard InChI is InChI=1S/C21H27N3O5S/c1-29-21(26)20(15-22-30(27,28)19-9-7-18(25)8-10-19)24-13-11-23(12-14-24)16-17-5-3-2-4-6-17/h2-10,20,22,25H,11-16H2,1H3/t20-/m0/s1. The first kappa shape index (κ1) is 22.2. The molecule has 2 N–H and O–H groups in total. The van der Waals surface area contributed by atoms with Crippen molar-refractivity contribution in [1.82, 2.24) is 14.5 Å². The molecule has 3 rings (SSSR count). The van der Waals surface area contributed by atoms with Gasteiger partial charge >= 0.3 is 5.97 Å². The fourth-order valence-corrected chi connectivity index (χ4v) is 4.51. The van der Waals surface area contributed by atoms with Crippen molar-refractivity contribution in [1.29, 1.82) is 0 Å².